The van der Waals surface area contributed by atoms with E-state index in [1.54, 1.807) is 0 Å². The lowest BCUT2D eigenvalue weighted by molar-refractivity contribution is -0.124. The average molecular weight is 290 g/mol. The highest BCUT2D eigenvalue weighted by molar-refractivity contribution is 5.95. The van der Waals surface area contributed by atoms with Gasteiger partial charge in [-0.3, -0.25) is 4.79 Å². The highest BCUT2D eigenvalue weighted by Gasteiger charge is 2.39. The van der Waals surface area contributed by atoms with Crippen LogP contribution in [0.15, 0.2) is 24.3 Å². The number of benzene rings is 1. The molecule has 1 heterocycles. The van der Waals surface area contributed by atoms with E-state index >= 15 is 0 Å². The number of hydrogen-bond acceptors (Lipinski definition) is 4. The zero-order valence-electron chi connectivity index (χ0n) is 12.1. The fourth-order valence-corrected chi connectivity index (χ4v) is 3.11. The van der Waals surface area contributed by atoms with Crippen LogP contribution in [0.1, 0.15) is 37.5 Å². The van der Waals surface area contributed by atoms with Gasteiger partial charge in [0.1, 0.15) is 0 Å². The summed E-state index contributed by atoms with van der Waals surface area (Å²) in [6, 6.07) is 7.62. The van der Waals surface area contributed by atoms with E-state index in [0.29, 0.717) is 19.8 Å². The van der Waals surface area contributed by atoms with Crippen LogP contribution in [0, 0.1) is 5.41 Å². The molecule has 0 radical (unpaired) electrons. The van der Waals surface area contributed by atoms with Crippen LogP contribution in [-0.2, 0) is 14.3 Å². The number of carbonyl (C=O) groups excluding carboxylic acids is 1. The Kier molecular flexibility index (Phi) is 4.24. The van der Waals surface area contributed by atoms with Crippen molar-refractivity contribution in [3.63, 3.8) is 0 Å². The average Bonchev–Trinajstić information content (AvgIpc) is 3.20. The summed E-state index contributed by atoms with van der Waals surface area (Å²) in [5.41, 5.74) is 7.22. The van der Waals surface area contributed by atoms with E-state index in [9.17, 15) is 4.79 Å². The predicted octanol–water partition coefficient (Wildman–Crippen LogP) is 2.19. The fourth-order valence-electron chi connectivity index (χ4n) is 3.11. The van der Waals surface area contributed by atoms with E-state index in [-0.39, 0.29) is 17.6 Å². The SMILES string of the molecule is NCC1(C(=O)Nc2ccc(C3OCCO3)cc2)CCCC1. The molecule has 1 aromatic carbocycles. The van der Waals surface area contributed by atoms with E-state index < -0.39 is 0 Å². The number of anilines is 1. The van der Waals surface area contributed by atoms with Crippen molar-refractivity contribution in [3.05, 3.63) is 29.8 Å². The van der Waals surface area contributed by atoms with Gasteiger partial charge >= 0.3 is 0 Å². The number of hydrogen-bond donors (Lipinski definition) is 2. The Morgan fingerprint density at radius 1 is 1.19 bits per heavy atom. The van der Waals surface area contributed by atoms with Gasteiger partial charge in [-0.05, 0) is 25.0 Å². The van der Waals surface area contributed by atoms with Crippen molar-refractivity contribution < 1.29 is 14.3 Å². The lowest BCUT2D eigenvalue weighted by Crippen LogP contribution is -2.40. The lowest BCUT2D eigenvalue weighted by atomic mass is 9.85. The number of amides is 1. The van der Waals surface area contributed by atoms with E-state index in [1.807, 2.05) is 24.3 Å². The maximum absolute atomic E-state index is 12.5. The summed E-state index contributed by atoms with van der Waals surface area (Å²) in [5.74, 6) is 0.0450. The third-order valence-electron chi connectivity index (χ3n) is 4.50. The Labute approximate surface area is 124 Å². The molecule has 0 spiro atoms. The number of ether oxygens (including phenoxy) is 2. The molecule has 114 valence electrons. The second kappa shape index (κ2) is 6.13. The monoisotopic (exact) mass is 290 g/mol. The summed E-state index contributed by atoms with van der Waals surface area (Å²) < 4.78 is 10.9. The first kappa shape index (κ1) is 14.5. The molecule has 5 heteroatoms. The number of rotatable bonds is 4. The molecule has 5 nitrogen and oxygen atoms in total. The zero-order valence-corrected chi connectivity index (χ0v) is 12.1. The van der Waals surface area contributed by atoms with Crippen molar-refractivity contribution in [2.24, 2.45) is 11.1 Å². The smallest absolute Gasteiger partial charge is 0.231 e. The topological polar surface area (TPSA) is 73.6 Å². The first-order chi connectivity index (χ1) is 10.2. The van der Waals surface area contributed by atoms with Crippen LogP contribution >= 0.6 is 0 Å². The molecule has 3 N–H and O–H groups in total. The normalized spacial score (nSPS) is 21.6. The second-order valence-electron chi connectivity index (χ2n) is 5.84. The summed E-state index contributed by atoms with van der Waals surface area (Å²) in [7, 11) is 0. The van der Waals surface area contributed by atoms with Crippen LogP contribution < -0.4 is 11.1 Å². The molecular formula is C16H22N2O3. The van der Waals surface area contributed by atoms with Crippen LogP contribution in [0.4, 0.5) is 5.69 Å². The Balaban J connectivity index is 1.66. The molecule has 1 saturated carbocycles. The maximum atomic E-state index is 12.5. The van der Waals surface area contributed by atoms with E-state index in [4.69, 9.17) is 15.2 Å². The minimum atomic E-state index is -0.379. The third-order valence-corrected chi connectivity index (χ3v) is 4.50. The Morgan fingerprint density at radius 2 is 1.81 bits per heavy atom. The van der Waals surface area contributed by atoms with Gasteiger partial charge in [-0.15, -0.1) is 0 Å². The molecule has 2 aliphatic rings. The highest BCUT2D eigenvalue weighted by atomic mass is 16.7. The molecule has 0 aromatic heterocycles. The predicted molar refractivity (Wildman–Crippen MR) is 79.7 cm³/mol. The number of carbonyl (C=O) groups is 1. The summed E-state index contributed by atoms with van der Waals surface area (Å²) in [5, 5.41) is 2.99. The summed E-state index contributed by atoms with van der Waals surface area (Å²) >= 11 is 0. The van der Waals surface area contributed by atoms with Crippen LogP contribution in [-0.4, -0.2) is 25.7 Å². The third kappa shape index (κ3) is 2.95. The van der Waals surface area contributed by atoms with Crippen molar-refractivity contribution in [3.8, 4) is 0 Å². The molecule has 21 heavy (non-hydrogen) atoms. The molecule has 1 saturated heterocycles. The largest absolute Gasteiger partial charge is 0.346 e. The molecule has 1 amide bonds. The highest BCUT2D eigenvalue weighted by Crippen LogP contribution is 2.38. The van der Waals surface area contributed by atoms with Crippen LogP contribution in [0.3, 0.4) is 0 Å². The lowest BCUT2D eigenvalue weighted by Gasteiger charge is -2.25. The number of nitrogens with one attached hydrogen (secondary N) is 1. The van der Waals surface area contributed by atoms with Crippen molar-refractivity contribution in [2.75, 3.05) is 25.1 Å². The second-order valence-corrected chi connectivity index (χ2v) is 5.84. The Hall–Kier alpha value is -1.43. The van der Waals surface area contributed by atoms with Gasteiger partial charge in [0, 0.05) is 17.8 Å². The molecule has 0 unspecified atom stereocenters. The van der Waals surface area contributed by atoms with Crippen molar-refractivity contribution in [1.82, 2.24) is 0 Å². The fraction of sp³-hybridized carbons (Fsp3) is 0.562. The number of nitrogens with two attached hydrogens (primary N) is 1. The van der Waals surface area contributed by atoms with Crippen molar-refractivity contribution in [2.45, 2.75) is 32.0 Å². The summed E-state index contributed by atoms with van der Waals surface area (Å²) in [6.45, 7) is 1.67. The van der Waals surface area contributed by atoms with Gasteiger partial charge in [-0.25, -0.2) is 0 Å². The van der Waals surface area contributed by atoms with Gasteiger partial charge in [0.15, 0.2) is 6.29 Å². The van der Waals surface area contributed by atoms with Gasteiger partial charge in [0.2, 0.25) is 5.91 Å². The van der Waals surface area contributed by atoms with Gasteiger partial charge in [-0.2, -0.15) is 0 Å². The minimum Gasteiger partial charge on any atom is -0.346 e. The Bertz CT molecular complexity index is 489. The van der Waals surface area contributed by atoms with Gasteiger partial charge in [0.05, 0.1) is 18.6 Å². The Morgan fingerprint density at radius 3 is 2.38 bits per heavy atom. The van der Waals surface area contributed by atoms with Crippen LogP contribution in [0.25, 0.3) is 0 Å². The summed E-state index contributed by atoms with van der Waals surface area (Å²) in [4.78, 5) is 12.5. The van der Waals surface area contributed by atoms with Crippen molar-refractivity contribution in [1.29, 1.82) is 0 Å². The van der Waals surface area contributed by atoms with Gasteiger partial charge in [0.25, 0.3) is 0 Å². The molecule has 1 aromatic rings. The van der Waals surface area contributed by atoms with E-state index in [0.717, 1.165) is 36.9 Å². The van der Waals surface area contributed by atoms with Crippen LogP contribution in [0.2, 0.25) is 0 Å². The van der Waals surface area contributed by atoms with E-state index in [2.05, 4.69) is 5.32 Å². The molecular weight excluding hydrogens is 268 g/mol. The molecule has 1 aliphatic carbocycles. The molecule has 2 fully saturated rings. The molecule has 0 atom stereocenters. The first-order valence-corrected chi connectivity index (χ1v) is 7.58. The zero-order chi connectivity index (χ0) is 14.7. The van der Waals surface area contributed by atoms with Gasteiger partial charge < -0.3 is 20.5 Å². The standard InChI is InChI=1S/C16H22N2O3/c17-11-16(7-1-2-8-16)15(19)18-13-5-3-12(4-6-13)14-20-9-10-21-14/h3-6,14H,1-2,7-11,17H2,(H,18,19). The van der Waals surface area contributed by atoms with E-state index in [1.165, 1.54) is 0 Å². The molecule has 1 aliphatic heterocycles. The maximum Gasteiger partial charge on any atom is 0.231 e. The first-order valence-electron chi connectivity index (χ1n) is 7.58. The molecule has 3 rings (SSSR count). The van der Waals surface area contributed by atoms with Gasteiger partial charge in [-0.1, -0.05) is 25.0 Å². The van der Waals surface area contributed by atoms with Crippen LogP contribution in [0.5, 0.6) is 0 Å². The summed E-state index contributed by atoms with van der Waals surface area (Å²) in [6.07, 6.45) is 3.66. The minimum absolute atomic E-state index is 0.0450. The quantitative estimate of drug-likeness (QED) is 0.891. The van der Waals surface area contributed by atoms with Crippen molar-refractivity contribution >= 4 is 11.6 Å². The molecule has 0 bridgehead atoms.